The van der Waals surface area contributed by atoms with E-state index in [0.29, 0.717) is 16.1 Å². The van der Waals surface area contributed by atoms with Crippen LogP contribution in [0.15, 0.2) is 146 Å². The molecule has 1 atom stereocenters. The average Bonchev–Trinajstić information content (AvgIpc) is 2.92. The van der Waals surface area contributed by atoms with E-state index in [9.17, 15) is 4.79 Å². The number of hydrogen-bond donors (Lipinski definition) is 0. The molecule has 35 heavy (non-hydrogen) atoms. The Morgan fingerprint density at radius 3 is 2.09 bits per heavy atom. The lowest BCUT2D eigenvalue weighted by Gasteiger charge is -2.12. The zero-order valence-corrected chi connectivity index (χ0v) is 21.5. The summed E-state index contributed by atoms with van der Waals surface area (Å²) >= 11 is 8.20. The van der Waals surface area contributed by atoms with Gasteiger partial charge in [-0.15, -0.1) is 0 Å². The van der Waals surface area contributed by atoms with Crippen LogP contribution in [-0.4, -0.2) is 5.78 Å². The lowest BCUT2D eigenvalue weighted by atomic mass is 10.0. The summed E-state index contributed by atoms with van der Waals surface area (Å²) in [6.45, 7) is 0. The Morgan fingerprint density at radius 2 is 1.43 bits per heavy atom. The molecule has 4 heteroatoms. The Kier molecular flexibility index (Phi) is 7.58. The van der Waals surface area contributed by atoms with Crippen LogP contribution in [0.25, 0.3) is 0 Å². The molecule has 0 saturated heterocycles. The van der Waals surface area contributed by atoms with Crippen molar-refractivity contribution in [1.82, 2.24) is 0 Å². The zero-order chi connectivity index (χ0) is 24.0. The number of hydrogen-bond acceptors (Lipinski definition) is 2. The molecule has 0 saturated carbocycles. The zero-order valence-electron chi connectivity index (χ0n) is 19.1. The highest BCUT2D eigenvalue weighted by Crippen LogP contribution is 2.37. The van der Waals surface area contributed by atoms with E-state index >= 15 is 0 Å². The minimum Gasteiger partial charge on any atom is -0.289 e. The smallest absolute Gasteiger partial charge is 0.193 e. The number of carbonyl (C=O) groups excluding carboxylic acids is 1. The third-order valence-electron chi connectivity index (χ3n) is 5.69. The average molecular weight is 512 g/mol. The lowest BCUT2D eigenvalue weighted by molar-refractivity contribution is 0.103. The fourth-order valence-corrected chi connectivity index (χ4v) is 7.24. The third kappa shape index (κ3) is 5.65. The minimum atomic E-state index is -0.122. The van der Waals surface area contributed by atoms with Gasteiger partial charge in [-0.25, -0.2) is 0 Å². The maximum Gasteiger partial charge on any atom is 0.193 e. The standard InChI is InChI=1S/C31H24ClOS2/c32-29-22-24(31(33)23-10-4-1-5-11-23)16-21-30(29)34-25-17-19-28(20-18-25)35(26-12-6-2-7-13-26)27-14-8-3-9-15-27/h1-2,4-8,10-22H,3,9H2/q+1. The van der Waals surface area contributed by atoms with Gasteiger partial charge in [0.05, 0.1) is 15.9 Å². The highest BCUT2D eigenvalue weighted by molar-refractivity contribution is 8.01. The van der Waals surface area contributed by atoms with E-state index in [-0.39, 0.29) is 16.7 Å². The van der Waals surface area contributed by atoms with E-state index < -0.39 is 0 Å². The summed E-state index contributed by atoms with van der Waals surface area (Å²) in [6, 6.07) is 34.3. The van der Waals surface area contributed by atoms with Crippen LogP contribution >= 0.6 is 23.4 Å². The van der Waals surface area contributed by atoms with E-state index in [1.54, 1.807) is 17.8 Å². The van der Waals surface area contributed by atoms with Crippen molar-refractivity contribution in [2.75, 3.05) is 0 Å². The summed E-state index contributed by atoms with van der Waals surface area (Å²) < 4.78 is 0. The molecule has 0 spiro atoms. The Bertz CT molecular complexity index is 1380. The topological polar surface area (TPSA) is 17.1 Å². The van der Waals surface area contributed by atoms with Crippen molar-refractivity contribution in [2.24, 2.45) is 0 Å². The van der Waals surface area contributed by atoms with Gasteiger partial charge in [0.15, 0.2) is 20.5 Å². The normalized spacial score (nSPS) is 13.8. The van der Waals surface area contributed by atoms with Crippen LogP contribution < -0.4 is 0 Å². The van der Waals surface area contributed by atoms with Crippen LogP contribution in [0.4, 0.5) is 0 Å². The van der Waals surface area contributed by atoms with Gasteiger partial charge in [0.25, 0.3) is 0 Å². The molecule has 0 aliphatic heterocycles. The first-order valence-corrected chi connectivity index (χ1v) is 13.9. The molecule has 1 aliphatic carbocycles. The number of benzene rings is 4. The first-order chi connectivity index (χ1) is 17.2. The monoisotopic (exact) mass is 511 g/mol. The summed E-state index contributed by atoms with van der Waals surface area (Å²) in [7, 11) is -0.122. The van der Waals surface area contributed by atoms with E-state index in [2.05, 4.69) is 72.8 Å². The summed E-state index contributed by atoms with van der Waals surface area (Å²) in [5, 5.41) is 0.586. The molecular weight excluding hydrogens is 488 g/mol. The van der Waals surface area contributed by atoms with E-state index in [1.165, 1.54) is 14.7 Å². The SMILES string of the molecule is O=C(c1ccccc1)c1ccc(Sc2ccc([S+](C3=CCCC=C3)c3ccccc3)cc2)c(Cl)c1. The van der Waals surface area contributed by atoms with Gasteiger partial charge >= 0.3 is 0 Å². The molecule has 172 valence electrons. The molecule has 1 aliphatic rings. The number of halogens is 1. The van der Waals surface area contributed by atoms with Crippen LogP contribution in [-0.2, 0) is 10.9 Å². The van der Waals surface area contributed by atoms with E-state index in [1.807, 2.05) is 42.5 Å². The first kappa shape index (κ1) is 23.7. The number of ketones is 1. The van der Waals surface area contributed by atoms with Gasteiger partial charge in [0, 0.05) is 20.9 Å². The largest absolute Gasteiger partial charge is 0.289 e. The third-order valence-corrected chi connectivity index (χ3v) is 9.46. The van der Waals surface area contributed by atoms with Crippen molar-refractivity contribution >= 4 is 40.0 Å². The van der Waals surface area contributed by atoms with Crippen LogP contribution in [0.2, 0.25) is 5.02 Å². The highest BCUT2D eigenvalue weighted by atomic mass is 35.5. The molecule has 0 aromatic heterocycles. The van der Waals surface area contributed by atoms with Crippen LogP contribution in [0, 0.1) is 0 Å². The molecule has 5 rings (SSSR count). The summed E-state index contributed by atoms with van der Waals surface area (Å²) in [5.41, 5.74) is 1.26. The fourth-order valence-electron chi connectivity index (χ4n) is 3.96. The minimum absolute atomic E-state index is 0.0209. The van der Waals surface area contributed by atoms with Gasteiger partial charge in [0.1, 0.15) is 0 Å². The van der Waals surface area contributed by atoms with Crippen molar-refractivity contribution in [3.8, 4) is 0 Å². The predicted molar refractivity (Wildman–Crippen MR) is 149 cm³/mol. The van der Waals surface area contributed by atoms with Gasteiger partial charge < -0.3 is 0 Å². The predicted octanol–water partition coefficient (Wildman–Crippen LogP) is 8.99. The number of carbonyl (C=O) groups is 1. The van der Waals surface area contributed by atoms with Crippen LogP contribution in [0.1, 0.15) is 28.8 Å². The number of rotatable bonds is 7. The second-order valence-corrected chi connectivity index (χ2v) is 11.7. The van der Waals surface area contributed by atoms with Crippen molar-refractivity contribution in [3.05, 3.63) is 142 Å². The second kappa shape index (κ2) is 11.2. The van der Waals surface area contributed by atoms with Crippen LogP contribution in [0.3, 0.4) is 0 Å². The molecule has 1 unspecified atom stereocenters. The van der Waals surface area contributed by atoms with Gasteiger partial charge in [-0.1, -0.05) is 78.0 Å². The van der Waals surface area contributed by atoms with Gasteiger partial charge in [0.2, 0.25) is 0 Å². The fraction of sp³-hybridized carbons (Fsp3) is 0.0645. The van der Waals surface area contributed by atoms with Crippen LogP contribution in [0.5, 0.6) is 0 Å². The maximum atomic E-state index is 12.7. The molecule has 4 aromatic carbocycles. The Labute approximate surface area is 218 Å². The Hall–Kier alpha value is -2.98. The molecule has 0 radical (unpaired) electrons. The molecule has 0 N–H and O–H groups in total. The number of allylic oxidation sites excluding steroid dienone is 3. The van der Waals surface area contributed by atoms with Crippen molar-refractivity contribution in [2.45, 2.75) is 32.4 Å². The Morgan fingerprint density at radius 1 is 0.743 bits per heavy atom. The maximum absolute atomic E-state index is 12.7. The lowest BCUT2D eigenvalue weighted by Crippen LogP contribution is -2.07. The summed E-state index contributed by atoms with van der Waals surface area (Å²) in [4.78, 5) is 18.8. The molecule has 1 nitrogen and oxygen atoms in total. The van der Waals surface area contributed by atoms with Gasteiger partial charge in [-0.3, -0.25) is 4.79 Å². The van der Waals surface area contributed by atoms with Crippen molar-refractivity contribution < 1.29 is 4.79 Å². The molecule has 0 bridgehead atoms. The molecular formula is C31H24ClOS2+. The molecule has 0 amide bonds. The Balaban J connectivity index is 1.36. The van der Waals surface area contributed by atoms with E-state index in [4.69, 9.17) is 11.6 Å². The van der Waals surface area contributed by atoms with Crippen molar-refractivity contribution in [1.29, 1.82) is 0 Å². The summed E-state index contributed by atoms with van der Waals surface area (Å²) in [5.74, 6) is -0.0209. The molecule has 0 heterocycles. The van der Waals surface area contributed by atoms with E-state index in [0.717, 1.165) is 22.6 Å². The van der Waals surface area contributed by atoms with Gasteiger partial charge in [-0.05, 0) is 79.6 Å². The molecule has 0 fully saturated rings. The second-order valence-electron chi connectivity index (χ2n) is 8.12. The van der Waals surface area contributed by atoms with Crippen molar-refractivity contribution in [3.63, 3.8) is 0 Å². The quantitative estimate of drug-likeness (QED) is 0.182. The molecule has 4 aromatic rings. The van der Waals surface area contributed by atoms with Gasteiger partial charge in [-0.2, -0.15) is 0 Å². The highest BCUT2D eigenvalue weighted by Gasteiger charge is 2.30. The first-order valence-electron chi connectivity index (χ1n) is 11.5. The summed E-state index contributed by atoms with van der Waals surface area (Å²) in [6.07, 6.45) is 9.13.